The Balaban J connectivity index is 2.13. The van der Waals surface area contributed by atoms with E-state index in [9.17, 15) is 23.1 Å². The van der Waals surface area contributed by atoms with Crippen LogP contribution in [0, 0.1) is 0 Å². The summed E-state index contributed by atoms with van der Waals surface area (Å²) in [4.78, 5) is 16.0. The molecule has 0 radical (unpaired) electrons. The van der Waals surface area contributed by atoms with Crippen LogP contribution in [0.1, 0.15) is 22.8 Å². The predicted molar refractivity (Wildman–Crippen MR) is 90.2 cm³/mol. The fourth-order valence-electron chi connectivity index (χ4n) is 2.64. The molecule has 0 fully saturated rings. The van der Waals surface area contributed by atoms with E-state index in [4.69, 9.17) is 0 Å². The molecular weight excluding hydrogens is 347 g/mol. The molecule has 0 unspecified atom stereocenters. The molecule has 26 heavy (non-hydrogen) atoms. The van der Waals surface area contributed by atoms with Crippen LogP contribution >= 0.6 is 0 Å². The van der Waals surface area contributed by atoms with Crippen molar-refractivity contribution in [3.63, 3.8) is 0 Å². The normalized spacial score (nSPS) is 11.5. The van der Waals surface area contributed by atoms with Gasteiger partial charge in [-0.25, -0.2) is 9.78 Å². The lowest BCUT2D eigenvalue weighted by molar-refractivity contribution is -0.274. The van der Waals surface area contributed by atoms with Gasteiger partial charge >= 0.3 is 12.3 Å². The number of benzene rings is 2. The summed E-state index contributed by atoms with van der Waals surface area (Å²) >= 11 is 0. The Hall–Kier alpha value is -3.09. The summed E-state index contributed by atoms with van der Waals surface area (Å²) in [6, 6.07) is 12.3. The smallest absolute Gasteiger partial charge is 0.478 e. The van der Waals surface area contributed by atoms with Crippen LogP contribution in [0.5, 0.6) is 5.75 Å². The summed E-state index contributed by atoms with van der Waals surface area (Å²) in [5.41, 5.74) is 2.41. The van der Waals surface area contributed by atoms with Crippen molar-refractivity contribution in [2.45, 2.75) is 19.7 Å². The van der Waals surface area contributed by atoms with Crippen molar-refractivity contribution in [2.24, 2.45) is 0 Å². The second-order valence-corrected chi connectivity index (χ2v) is 5.64. The van der Waals surface area contributed by atoms with Gasteiger partial charge in [0.2, 0.25) is 0 Å². The number of rotatable bonds is 4. The van der Waals surface area contributed by atoms with Gasteiger partial charge in [0.05, 0.1) is 16.8 Å². The highest BCUT2D eigenvalue weighted by atomic mass is 19.4. The average Bonchev–Trinajstić information content (AvgIpc) is 2.59. The molecular formula is C19H14F3NO3. The first-order chi connectivity index (χ1) is 12.3. The number of aryl methyl sites for hydroxylation is 1. The maximum atomic E-state index is 12.4. The topological polar surface area (TPSA) is 59.4 Å². The average molecular weight is 361 g/mol. The summed E-state index contributed by atoms with van der Waals surface area (Å²) < 4.78 is 41.0. The highest BCUT2D eigenvalue weighted by Gasteiger charge is 2.31. The third-order valence-corrected chi connectivity index (χ3v) is 3.90. The fraction of sp³-hybridized carbons (Fsp3) is 0.158. The van der Waals surface area contributed by atoms with Gasteiger partial charge in [0.1, 0.15) is 5.75 Å². The summed E-state index contributed by atoms with van der Waals surface area (Å²) in [7, 11) is 0. The molecule has 0 spiro atoms. The first-order valence-electron chi connectivity index (χ1n) is 7.80. The summed E-state index contributed by atoms with van der Waals surface area (Å²) in [6.45, 7) is 2.02. The summed E-state index contributed by atoms with van der Waals surface area (Å²) in [5, 5.41) is 9.55. The number of carboxylic acids is 1. The Morgan fingerprint density at radius 1 is 1.12 bits per heavy atom. The number of carbonyl (C=O) groups is 1. The SMILES string of the molecule is CCc1ccc(-c2cc(C(=O)O)c3cc(OC(F)(F)F)ccc3n2)cc1. The van der Waals surface area contributed by atoms with E-state index >= 15 is 0 Å². The molecule has 2 aromatic carbocycles. The van der Waals surface area contributed by atoms with Crippen molar-refractivity contribution in [1.29, 1.82) is 0 Å². The number of ether oxygens (including phenoxy) is 1. The monoisotopic (exact) mass is 361 g/mol. The van der Waals surface area contributed by atoms with E-state index in [1.807, 2.05) is 31.2 Å². The maximum Gasteiger partial charge on any atom is 0.573 e. The highest BCUT2D eigenvalue weighted by Crippen LogP contribution is 2.30. The minimum Gasteiger partial charge on any atom is -0.478 e. The van der Waals surface area contributed by atoms with Gasteiger partial charge in [-0.1, -0.05) is 31.2 Å². The molecule has 1 N–H and O–H groups in total. The van der Waals surface area contributed by atoms with E-state index < -0.39 is 18.1 Å². The van der Waals surface area contributed by atoms with E-state index in [-0.39, 0.29) is 16.5 Å². The van der Waals surface area contributed by atoms with Crippen LogP contribution in [0.15, 0.2) is 48.5 Å². The third-order valence-electron chi connectivity index (χ3n) is 3.90. The standard InChI is InChI=1S/C19H14F3NO3/c1-2-11-3-5-12(6-4-11)17-10-15(18(24)25)14-9-13(26-19(20,21)22)7-8-16(14)23-17/h3-10H,2H2,1H3,(H,24,25). The zero-order chi connectivity index (χ0) is 18.9. The number of hydrogen-bond acceptors (Lipinski definition) is 3. The zero-order valence-electron chi connectivity index (χ0n) is 13.7. The minimum atomic E-state index is -4.86. The van der Waals surface area contributed by atoms with E-state index in [1.54, 1.807) is 0 Å². The van der Waals surface area contributed by atoms with Crippen LogP contribution in [0.4, 0.5) is 13.2 Å². The predicted octanol–water partition coefficient (Wildman–Crippen LogP) is 5.06. The van der Waals surface area contributed by atoms with Crippen LogP contribution in [0.25, 0.3) is 22.2 Å². The number of carboxylic acid groups (broad SMARTS) is 1. The molecule has 0 saturated heterocycles. The van der Waals surface area contributed by atoms with E-state index in [2.05, 4.69) is 9.72 Å². The molecule has 1 aromatic heterocycles. The third kappa shape index (κ3) is 3.77. The van der Waals surface area contributed by atoms with Crippen molar-refractivity contribution < 1.29 is 27.8 Å². The minimum absolute atomic E-state index is 0.0770. The van der Waals surface area contributed by atoms with Gasteiger partial charge in [-0.2, -0.15) is 0 Å². The van der Waals surface area contributed by atoms with Gasteiger partial charge in [0.15, 0.2) is 0 Å². The maximum absolute atomic E-state index is 12.4. The Morgan fingerprint density at radius 2 is 1.81 bits per heavy atom. The molecule has 3 aromatic rings. The fourth-order valence-corrected chi connectivity index (χ4v) is 2.64. The molecule has 0 atom stereocenters. The van der Waals surface area contributed by atoms with Crippen LogP contribution < -0.4 is 4.74 Å². The lowest BCUT2D eigenvalue weighted by Gasteiger charge is -2.11. The number of halogens is 3. The van der Waals surface area contributed by atoms with Crippen LogP contribution in [0.3, 0.4) is 0 Å². The second-order valence-electron chi connectivity index (χ2n) is 5.64. The molecule has 134 valence electrons. The Kier molecular flexibility index (Phi) is 4.54. The number of aromatic nitrogens is 1. The number of fused-ring (bicyclic) bond motifs is 1. The van der Waals surface area contributed by atoms with Gasteiger partial charge in [-0.15, -0.1) is 13.2 Å². The van der Waals surface area contributed by atoms with Gasteiger partial charge in [0, 0.05) is 10.9 Å². The van der Waals surface area contributed by atoms with Crippen LogP contribution in [-0.4, -0.2) is 22.4 Å². The number of alkyl halides is 3. The van der Waals surface area contributed by atoms with E-state index in [0.717, 1.165) is 29.7 Å². The van der Waals surface area contributed by atoms with Crippen molar-refractivity contribution in [2.75, 3.05) is 0 Å². The molecule has 0 aliphatic carbocycles. The molecule has 0 saturated carbocycles. The molecule has 3 rings (SSSR count). The lowest BCUT2D eigenvalue weighted by atomic mass is 10.0. The van der Waals surface area contributed by atoms with Crippen molar-refractivity contribution in [1.82, 2.24) is 4.98 Å². The summed E-state index contributed by atoms with van der Waals surface area (Å²) in [5.74, 6) is -1.75. The van der Waals surface area contributed by atoms with Gasteiger partial charge in [-0.05, 0) is 36.2 Å². The van der Waals surface area contributed by atoms with Gasteiger partial charge in [-0.3, -0.25) is 0 Å². The first-order valence-corrected chi connectivity index (χ1v) is 7.80. The van der Waals surface area contributed by atoms with Crippen LogP contribution in [0.2, 0.25) is 0 Å². The Bertz CT molecular complexity index is 966. The Labute approximate surface area is 146 Å². The summed E-state index contributed by atoms with van der Waals surface area (Å²) in [6.07, 6.45) is -3.99. The number of pyridine rings is 1. The highest BCUT2D eigenvalue weighted by molar-refractivity contribution is 6.04. The molecule has 0 aliphatic heterocycles. The molecule has 0 amide bonds. The van der Waals surface area contributed by atoms with Crippen LogP contribution in [-0.2, 0) is 6.42 Å². The largest absolute Gasteiger partial charge is 0.573 e. The van der Waals surface area contributed by atoms with Crippen molar-refractivity contribution >= 4 is 16.9 Å². The van der Waals surface area contributed by atoms with Gasteiger partial charge in [0.25, 0.3) is 0 Å². The van der Waals surface area contributed by atoms with Gasteiger partial charge < -0.3 is 9.84 Å². The molecule has 1 heterocycles. The van der Waals surface area contributed by atoms with Crippen molar-refractivity contribution in [3.8, 4) is 17.0 Å². The number of hydrogen-bond donors (Lipinski definition) is 1. The number of nitrogens with zero attached hydrogens (tertiary/aromatic N) is 1. The zero-order valence-corrected chi connectivity index (χ0v) is 13.7. The van der Waals surface area contributed by atoms with Crippen molar-refractivity contribution in [3.05, 3.63) is 59.7 Å². The van der Waals surface area contributed by atoms with E-state index in [0.29, 0.717) is 5.69 Å². The number of aromatic carboxylic acids is 1. The molecule has 0 aliphatic rings. The Morgan fingerprint density at radius 3 is 2.38 bits per heavy atom. The second kappa shape index (κ2) is 6.67. The molecule has 4 nitrogen and oxygen atoms in total. The first kappa shape index (κ1) is 17.7. The lowest BCUT2D eigenvalue weighted by Crippen LogP contribution is -2.17. The molecule has 7 heteroatoms. The molecule has 0 bridgehead atoms. The van der Waals surface area contributed by atoms with E-state index in [1.165, 1.54) is 12.1 Å². The quantitative estimate of drug-likeness (QED) is 0.706.